The molecule has 3 saturated heterocycles. The van der Waals surface area contributed by atoms with Gasteiger partial charge in [-0.25, -0.2) is 4.39 Å². The van der Waals surface area contributed by atoms with Gasteiger partial charge in [0, 0.05) is 59.0 Å². The van der Waals surface area contributed by atoms with Crippen LogP contribution in [0.1, 0.15) is 42.9 Å². The summed E-state index contributed by atoms with van der Waals surface area (Å²) in [5.74, 6) is 0. The van der Waals surface area contributed by atoms with Crippen LogP contribution >= 0.6 is 0 Å². The lowest BCUT2D eigenvalue weighted by Crippen LogP contribution is -2.69. The Morgan fingerprint density at radius 2 is 1.91 bits per heavy atom. The molecule has 4 rings (SSSR count). The molecule has 3 heterocycles. The van der Waals surface area contributed by atoms with Gasteiger partial charge < -0.3 is 9.47 Å². The first kappa shape index (κ1) is 23.8. The molecule has 6 nitrogen and oxygen atoms in total. The third kappa shape index (κ3) is 5.10. The summed E-state index contributed by atoms with van der Waals surface area (Å²) in [6, 6.07) is 5.13. The van der Waals surface area contributed by atoms with Crippen LogP contribution in [0.2, 0.25) is 0 Å². The third-order valence-corrected chi connectivity index (χ3v) is 7.01. The van der Waals surface area contributed by atoms with Gasteiger partial charge in [-0.1, -0.05) is 12.1 Å². The van der Waals surface area contributed by atoms with Crippen molar-refractivity contribution >= 4 is 0 Å². The number of nitrogens with one attached hydrogen (secondary N) is 3. The van der Waals surface area contributed by atoms with E-state index < -0.39 is 30.2 Å². The maximum Gasteiger partial charge on any atom is 0.416 e. The fourth-order valence-corrected chi connectivity index (χ4v) is 5.03. The molecule has 3 N–H and O–H groups in total. The van der Waals surface area contributed by atoms with E-state index in [9.17, 15) is 13.2 Å². The minimum Gasteiger partial charge on any atom is -0.381 e. The summed E-state index contributed by atoms with van der Waals surface area (Å²) in [7, 11) is 1.68. The molecule has 0 aromatic heterocycles. The number of halogens is 4. The van der Waals surface area contributed by atoms with Crippen LogP contribution in [0.15, 0.2) is 24.3 Å². The van der Waals surface area contributed by atoms with Crippen molar-refractivity contribution in [2.75, 3.05) is 40.1 Å². The number of hydrogen-bond donors (Lipinski definition) is 3. The average Bonchev–Trinajstić information content (AvgIpc) is 3.28. The predicted molar refractivity (Wildman–Crippen MR) is 112 cm³/mol. The number of nitrogens with zero attached hydrogens (tertiary/aromatic N) is 1. The fourth-order valence-electron chi connectivity index (χ4n) is 5.03. The normalized spacial score (nSPS) is 31.7. The summed E-state index contributed by atoms with van der Waals surface area (Å²) in [5.41, 5.74) is -0.247. The number of ether oxygens (including phenoxy) is 2. The second-order valence-electron chi connectivity index (χ2n) is 8.85. The quantitative estimate of drug-likeness (QED) is 0.568. The van der Waals surface area contributed by atoms with Gasteiger partial charge in [0.15, 0.2) is 6.17 Å². The Kier molecular flexibility index (Phi) is 7.38. The molecule has 3 aliphatic heterocycles. The lowest BCUT2D eigenvalue weighted by atomic mass is 9.93. The zero-order chi connectivity index (χ0) is 22.8. The molecule has 4 atom stereocenters. The predicted octanol–water partition coefficient (Wildman–Crippen LogP) is 2.77. The van der Waals surface area contributed by atoms with E-state index in [1.807, 2.05) is 4.90 Å². The Morgan fingerprint density at radius 3 is 2.56 bits per heavy atom. The first-order valence-electron chi connectivity index (χ1n) is 11.2. The van der Waals surface area contributed by atoms with E-state index in [0.717, 1.165) is 43.4 Å². The maximum atomic E-state index is 15.6. The first-order chi connectivity index (χ1) is 15.3. The molecule has 10 heteroatoms. The van der Waals surface area contributed by atoms with Gasteiger partial charge in [0.25, 0.3) is 0 Å². The number of hydrogen-bond acceptors (Lipinski definition) is 6. The number of benzene rings is 1. The van der Waals surface area contributed by atoms with Gasteiger partial charge in [0.1, 0.15) is 0 Å². The molecule has 4 unspecified atom stereocenters. The van der Waals surface area contributed by atoms with E-state index in [1.54, 1.807) is 7.11 Å². The largest absolute Gasteiger partial charge is 0.416 e. The number of rotatable bonds is 6. The molecule has 0 radical (unpaired) electrons. The second kappa shape index (κ2) is 9.90. The highest BCUT2D eigenvalue weighted by molar-refractivity contribution is 5.27. The molecule has 180 valence electrons. The highest BCUT2D eigenvalue weighted by Crippen LogP contribution is 2.37. The molecule has 0 amide bonds. The minimum absolute atomic E-state index is 0.118. The summed E-state index contributed by atoms with van der Waals surface area (Å²) in [6.45, 7) is 2.89. The van der Waals surface area contributed by atoms with Gasteiger partial charge >= 0.3 is 6.18 Å². The smallest absolute Gasteiger partial charge is 0.381 e. The van der Waals surface area contributed by atoms with Crippen LogP contribution in [-0.4, -0.2) is 69.1 Å². The van der Waals surface area contributed by atoms with Gasteiger partial charge in [-0.2, -0.15) is 13.2 Å². The number of likely N-dealkylation sites (tertiary alicyclic amines) is 1. The van der Waals surface area contributed by atoms with E-state index in [1.165, 1.54) is 12.1 Å². The van der Waals surface area contributed by atoms with Crippen molar-refractivity contribution in [3.05, 3.63) is 35.4 Å². The fraction of sp³-hybridized carbons (Fsp3) is 0.727. The average molecular weight is 461 g/mol. The maximum absolute atomic E-state index is 15.6. The monoisotopic (exact) mass is 460 g/mol. The molecule has 3 fully saturated rings. The second-order valence-corrected chi connectivity index (χ2v) is 8.85. The highest BCUT2D eigenvalue weighted by atomic mass is 19.4. The third-order valence-electron chi connectivity index (χ3n) is 7.01. The van der Waals surface area contributed by atoms with Crippen LogP contribution in [-0.2, 0) is 15.7 Å². The van der Waals surface area contributed by atoms with Gasteiger partial charge in [-0.15, -0.1) is 0 Å². The molecular weight excluding hydrogens is 428 g/mol. The van der Waals surface area contributed by atoms with Crippen LogP contribution < -0.4 is 16.0 Å². The molecule has 32 heavy (non-hydrogen) atoms. The Balaban J connectivity index is 1.42. The zero-order valence-corrected chi connectivity index (χ0v) is 18.3. The summed E-state index contributed by atoms with van der Waals surface area (Å²) in [5, 5.41) is 9.66. The Morgan fingerprint density at radius 1 is 1.19 bits per heavy atom. The van der Waals surface area contributed by atoms with Crippen molar-refractivity contribution in [3.8, 4) is 0 Å². The number of methoxy groups -OCH3 is 1. The van der Waals surface area contributed by atoms with Crippen LogP contribution in [0, 0.1) is 0 Å². The summed E-state index contributed by atoms with van der Waals surface area (Å²) in [4.78, 5) is 2.04. The lowest BCUT2D eigenvalue weighted by molar-refractivity contribution is -0.137. The molecule has 0 bridgehead atoms. The van der Waals surface area contributed by atoms with E-state index in [0.29, 0.717) is 33.0 Å². The van der Waals surface area contributed by atoms with Gasteiger partial charge in [0.05, 0.1) is 23.5 Å². The van der Waals surface area contributed by atoms with E-state index >= 15 is 4.39 Å². The molecule has 0 spiro atoms. The summed E-state index contributed by atoms with van der Waals surface area (Å²) < 4.78 is 65.5. The molecule has 1 aromatic rings. The van der Waals surface area contributed by atoms with Crippen molar-refractivity contribution < 1.29 is 27.0 Å². The van der Waals surface area contributed by atoms with Crippen LogP contribution in [0.5, 0.6) is 0 Å². The van der Waals surface area contributed by atoms with Crippen molar-refractivity contribution in [1.82, 2.24) is 20.9 Å². The van der Waals surface area contributed by atoms with Gasteiger partial charge in [-0.05, 0) is 30.5 Å². The Hall–Kier alpha value is -1.30. The van der Waals surface area contributed by atoms with Crippen molar-refractivity contribution in [2.24, 2.45) is 0 Å². The molecule has 3 aliphatic rings. The molecule has 0 saturated carbocycles. The van der Waals surface area contributed by atoms with Gasteiger partial charge in [0.2, 0.25) is 0 Å². The molecule has 0 aliphatic carbocycles. The van der Waals surface area contributed by atoms with Crippen LogP contribution in [0.4, 0.5) is 17.6 Å². The topological polar surface area (TPSA) is 57.8 Å². The summed E-state index contributed by atoms with van der Waals surface area (Å²) >= 11 is 0. The summed E-state index contributed by atoms with van der Waals surface area (Å²) in [6.07, 6.45) is -3.52. The van der Waals surface area contributed by atoms with Crippen LogP contribution in [0.25, 0.3) is 0 Å². The van der Waals surface area contributed by atoms with Crippen LogP contribution in [0.3, 0.4) is 0 Å². The van der Waals surface area contributed by atoms with E-state index in [2.05, 4.69) is 16.0 Å². The lowest BCUT2D eigenvalue weighted by Gasteiger charge is -2.44. The van der Waals surface area contributed by atoms with E-state index in [4.69, 9.17) is 9.47 Å². The zero-order valence-electron chi connectivity index (χ0n) is 18.3. The highest BCUT2D eigenvalue weighted by Gasteiger charge is 2.43. The minimum atomic E-state index is -4.36. The molecule has 1 aromatic carbocycles. The van der Waals surface area contributed by atoms with Gasteiger partial charge in [-0.3, -0.25) is 20.9 Å². The molecular formula is C22H32F4N4O2. The van der Waals surface area contributed by atoms with E-state index in [-0.39, 0.29) is 11.6 Å². The number of alkyl halides is 4. The standard InChI is InChI=1S/C22H32F4N4O2/c1-31-21(8-11-32-12-9-21)13-27-19-18(23)20(29-14-28-19)30-10-2-3-17(30)15-4-6-16(7-5-15)22(24,25)26/h4-7,17-20,27-29H,2-3,8-14H2,1H3. The van der Waals surface area contributed by atoms with Crippen molar-refractivity contribution in [1.29, 1.82) is 0 Å². The Labute approximate surface area is 186 Å². The van der Waals surface area contributed by atoms with Crippen molar-refractivity contribution in [2.45, 2.75) is 62.0 Å². The van der Waals surface area contributed by atoms with Crippen molar-refractivity contribution in [3.63, 3.8) is 0 Å². The first-order valence-corrected chi connectivity index (χ1v) is 11.2. The Bertz CT molecular complexity index is 742. The SMILES string of the molecule is COC1(CNC2NCNC(N3CCCC3c3ccc(C(F)(F)F)cc3)C2F)CCOCC1.